The van der Waals surface area contributed by atoms with Gasteiger partial charge in [0.05, 0.1) is 13.7 Å². The van der Waals surface area contributed by atoms with Gasteiger partial charge in [-0.05, 0) is 0 Å². The highest BCUT2D eigenvalue weighted by Crippen LogP contribution is 2.28. The zero-order valence-electron chi connectivity index (χ0n) is 9.59. The molecule has 1 fully saturated rings. The van der Waals surface area contributed by atoms with Crippen LogP contribution in [0.1, 0.15) is 12.1 Å². The minimum absolute atomic E-state index is 0.0373. The minimum atomic E-state index is -1.23. The van der Waals surface area contributed by atoms with E-state index in [4.69, 9.17) is 15.3 Å². The number of aliphatic hydroxyl groups is 3. The van der Waals surface area contributed by atoms with Crippen molar-refractivity contribution in [3.63, 3.8) is 0 Å². The van der Waals surface area contributed by atoms with E-state index >= 15 is 0 Å². The van der Waals surface area contributed by atoms with E-state index in [1.54, 1.807) is 0 Å². The summed E-state index contributed by atoms with van der Waals surface area (Å²) in [5, 5.41) is 39.6. The van der Waals surface area contributed by atoms with Crippen LogP contribution in [0.5, 0.6) is 0 Å². The number of aromatic nitrogens is 3. The number of ether oxygens (including phenoxy) is 2. The summed E-state index contributed by atoms with van der Waals surface area (Å²) in [6.07, 6.45) is -3.01. The molecule has 1 saturated heterocycles. The quantitative estimate of drug-likeness (QED) is 0.359. The number of nitrogens with one attached hydrogen (secondary N) is 1. The summed E-state index contributed by atoms with van der Waals surface area (Å²) in [6.45, 7) is -0.413. The third kappa shape index (κ3) is 2.08. The summed E-state index contributed by atoms with van der Waals surface area (Å²) in [7, 11) is 1.31. The van der Waals surface area contributed by atoms with E-state index in [1.807, 2.05) is 0 Å². The maximum atomic E-state index is 9.76. The van der Waals surface area contributed by atoms with Crippen molar-refractivity contribution in [2.45, 2.75) is 24.5 Å². The van der Waals surface area contributed by atoms with Gasteiger partial charge in [0.25, 0.3) is 5.90 Å². The fraction of sp³-hybridized carbons (Fsp3) is 0.667. The lowest BCUT2D eigenvalue weighted by Crippen LogP contribution is -2.33. The molecule has 18 heavy (non-hydrogen) atoms. The molecule has 100 valence electrons. The summed E-state index contributed by atoms with van der Waals surface area (Å²) in [5.41, 5.74) is 0. The minimum Gasteiger partial charge on any atom is -0.479 e. The number of aliphatic hydroxyl groups excluding tert-OH is 3. The number of methoxy groups -OCH3 is 1. The molecule has 9 nitrogen and oxygen atoms in total. The molecule has 9 heteroatoms. The molecule has 0 aromatic carbocycles. The van der Waals surface area contributed by atoms with Crippen molar-refractivity contribution in [1.29, 1.82) is 5.41 Å². The molecule has 4 unspecified atom stereocenters. The van der Waals surface area contributed by atoms with Crippen LogP contribution in [0, 0.1) is 5.41 Å². The molecule has 4 N–H and O–H groups in total. The molecule has 0 amide bonds. The molecule has 0 radical (unpaired) electrons. The van der Waals surface area contributed by atoms with Gasteiger partial charge in [0.15, 0.2) is 6.23 Å². The number of hydrogen-bond acceptors (Lipinski definition) is 8. The van der Waals surface area contributed by atoms with Gasteiger partial charge in [0, 0.05) is 0 Å². The molecular weight excluding hydrogens is 244 g/mol. The standard InChI is InChI=1S/C9H14N4O5/c1-17-7(10)8-11-3-13(12-8)9-6(16)5(15)4(2-14)18-9/h3-6,9-10,14-16H,2H2,1H3. The van der Waals surface area contributed by atoms with Crippen molar-refractivity contribution in [3.05, 3.63) is 12.2 Å². The van der Waals surface area contributed by atoms with Gasteiger partial charge in [-0.15, -0.1) is 5.10 Å². The highest BCUT2D eigenvalue weighted by atomic mass is 16.6. The van der Waals surface area contributed by atoms with Crippen molar-refractivity contribution in [2.24, 2.45) is 0 Å². The summed E-state index contributed by atoms with van der Waals surface area (Å²) in [4.78, 5) is 3.81. The van der Waals surface area contributed by atoms with Crippen LogP contribution < -0.4 is 0 Å². The van der Waals surface area contributed by atoms with Gasteiger partial charge < -0.3 is 24.8 Å². The largest absolute Gasteiger partial charge is 0.479 e. The Morgan fingerprint density at radius 3 is 2.83 bits per heavy atom. The van der Waals surface area contributed by atoms with Gasteiger partial charge in [0.1, 0.15) is 24.6 Å². The Hall–Kier alpha value is -1.55. The maximum absolute atomic E-state index is 9.76. The second-order valence-electron chi connectivity index (χ2n) is 3.81. The van der Waals surface area contributed by atoms with Gasteiger partial charge in [-0.25, -0.2) is 9.67 Å². The van der Waals surface area contributed by atoms with E-state index in [9.17, 15) is 10.2 Å². The van der Waals surface area contributed by atoms with Crippen LogP contribution >= 0.6 is 0 Å². The predicted molar refractivity (Wildman–Crippen MR) is 56.9 cm³/mol. The van der Waals surface area contributed by atoms with Crippen molar-refractivity contribution in [1.82, 2.24) is 14.8 Å². The van der Waals surface area contributed by atoms with E-state index in [1.165, 1.54) is 18.1 Å². The summed E-state index contributed by atoms with van der Waals surface area (Å²) >= 11 is 0. The molecule has 0 bridgehead atoms. The zero-order valence-corrected chi connectivity index (χ0v) is 9.59. The van der Waals surface area contributed by atoms with E-state index in [-0.39, 0.29) is 11.7 Å². The van der Waals surface area contributed by atoms with E-state index in [0.717, 1.165) is 0 Å². The van der Waals surface area contributed by atoms with Crippen LogP contribution in [0.25, 0.3) is 0 Å². The first kappa shape index (κ1) is 12.9. The maximum Gasteiger partial charge on any atom is 0.253 e. The average Bonchev–Trinajstić information content (AvgIpc) is 2.96. The smallest absolute Gasteiger partial charge is 0.253 e. The van der Waals surface area contributed by atoms with Crippen molar-refractivity contribution in [3.8, 4) is 0 Å². The Morgan fingerprint density at radius 2 is 2.28 bits per heavy atom. The van der Waals surface area contributed by atoms with Crippen molar-refractivity contribution < 1.29 is 24.8 Å². The second kappa shape index (κ2) is 4.98. The summed E-state index contributed by atoms with van der Waals surface area (Å²) < 4.78 is 11.1. The lowest BCUT2D eigenvalue weighted by atomic mass is 10.1. The van der Waals surface area contributed by atoms with Gasteiger partial charge in [-0.1, -0.05) is 0 Å². The van der Waals surface area contributed by atoms with Crippen LogP contribution in [-0.4, -0.2) is 68.0 Å². The van der Waals surface area contributed by atoms with Gasteiger partial charge >= 0.3 is 0 Å². The van der Waals surface area contributed by atoms with Gasteiger partial charge in [-0.2, -0.15) is 0 Å². The Labute approximate surface area is 102 Å². The topological polar surface area (TPSA) is 134 Å². The Kier molecular flexibility index (Phi) is 3.57. The molecule has 2 rings (SSSR count). The molecule has 2 heterocycles. The third-order valence-electron chi connectivity index (χ3n) is 2.69. The molecule has 0 saturated carbocycles. The lowest BCUT2D eigenvalue weighted by molar-refractivity contribution is -0.0588. The van der Waals surface area contributed by atoms with Crippen LogP contribution in [0.3, 0.4) is 0 Å². The molecule has 0 aliphatic carbocycles. The normalized spacial score (nSPS) is 31.6. The molecule has 0 spiro atoms. The van der Waals surface area contributed by atoms with Crippen LogP contribution in [0.2, 0.25) is 0 Å². The predicted octanol–water partition coefficient (Wildman–Crippen LogP) is -2.14. The summed E-state index contributed by atoms with van der Waals surface area (Å²) in [6, 6.07) is 0. The van der Waals surface area contributed by atoms with Crippen LogP contribution in [-0.2, 0) is 9.47 Å². The fourth-order valence-corrected chi connectivity index (χ4v) is 1.69. The average molecular weight is 258 g/mol. The molecular formula is C9H14N4O5. The van der Waals surface area contributed by atoms with Crippen molar-refractivity contribution >= 4 is 5.90 Å². The van der Waals surface area contributed by atoms with Crippen LogP contribution in [0.15, 0.2) is 6.33 Å². The molecule has 1 aliphatic heterocycles. The van der Waals surface area contributed by atoms with Gasteiger partial charge in [-0.3, -0.25) is 5.41 Å². The first-order valence-electron chi connectivity index (χ1n) is 5.25. The summed E-state index contributed by atoms with van der Waals surface area (Å²) in [5.74, 6) is -0.185. The van der Waals surface area contributed by atoms with E-state index < -0.39 is 31.1 Å². The molecule has 4 atom stereocenters. The van der Waals surface area contributed by atoms with Gasteiger partial charge in [0.2, 0.25) is 5.82 Å². The third-order valence-corrected chi connectivity index (χ3v) is 2.69. The Morgan fingerprint density at radius 1 is 1.56 bits per heavy atom. The lowest BCUT2D eigenvalue weighted by Gasteiger charge is -2.13. The monoisotopic (exact) mass is 258 g/mol. The van der Waals surface area contributed by atoms with Crippen molar-refractivity contribution in [2.75, 3.05) is 13.7 Å². The Bertz CT molecular complexity index is 436. The molecule has 1 aliphatic rings. The first-order valence-corrected chi connectivity index (χ1v) is 5.25. The molecule has 1 aromatic rings. The number of rotatable bonds is 3. The number of nitrogens with zero attached hydrogens (tertiary/aromatic N) is 3. The molecule has 1 aromatic heterocycles. The van der Waals surface area contributed by atoms with Crippen LogP contribution in [0.4, 0.5) is 0 Å². The zero-order chi connectivity index (χ0) is 13.3. The second-order valence-corrected chi connectivity index (χ2v) is 3.81. The highest BCUT2D eigenvalue weighted by Gasteiger charge is 2.43. The highest BCUT2D eigenvalue weighted by molar-refractivity contribution is 5.87. The SMILES string of the molecule is COC(=N)c1ncn(C2OC(CO)C(O)C2O)n1. The van der Waals surface area contributed by atoms with E-state index in [0.29, 0.717) is 0 Å². The fourth-order valence-electron chi connectivity index (χ4n) is 1.69. The van der Waals surface area contributed by atoms with E-state index in [2.05, 4.69) is 14.8 Å². The Balaban J connectivity index is 2.17. The number of hydrogen-bond donors (Lipinski definition) is 4. The first-order chi connectivity index (χ1) is 8.58.